The summed E-state index contributed by atoms with van der Waals surface area (Å²) in [5, 5.41) is 2.92. The Balaban J connectivity index is 1.49. The zero-order chi connectivity index (χ0) is 19.2. The van der Waals surface area contributed by atoms with Crippen molar-refractivity contribution in [1.29, 1.82) is 0 Å². The number of aromatic nitrogens is 3. The minimum absolute atomic E-state index is 0.174. The molecule has 1 N–H and O–H groups in total. The Morgan fingerprint density at radius 3 is 2.64 bits per heavy atom. The van der Waals surface area contributed by atoms with Crippen LogP contribution in [-0.4, -0.2) is 27.0 Å². The van der Waals surface area contributed by atoms with E-state index in [-0.39, 0.29) is 5.91 Å². The Hall–Kier alpha value is -3.67. The average Bonchev–Trinajstić information content (AvgIpc) is 3.11. The van der Waals surface area contributed by atoms with Crippen molar-refractivity contribution < 1.29 is 9.53 Å². The van der Waals surface area contributed by atoms with E-state index in [1.807, 2.05) is 54.6 Å². The molecule has 6 heteroatoms. The predicted octanol–water partition coefficient (Wildman–Crippen LogP) is 3.44. The summed E-state index contributed by atoms with van der Waals surface area (Å²) >= 11 is 0. The number of ether oxygens (including phenoxy) is 1. The standard InChI is InChI=1S/C22H20N4O2/c27-22(17-7-6-12-23-15-17)24-16-21-25-19-10-4-5-11-20(19)26(21)13-14-28-18-8-2-1-3-9-18/h1-12,15H,13-14,16H2,(H,24,27). The van der Waals surface area contributed by atoms with Gasteiger partial charge in [-0.15, -0.1) is 0 Å². The van der Waals surface area contributed by atoms with E-state index in [2.05, 4.69) is 19.9 Å². The van der Waals surface area contributed by atoms with Gasteiger partial charge in [0.15, 0.2) is 0 Å². The summed E-state index contributed by atoms with van der Waals surface area (Å²) in [6.45, 7) is 1.47. The topological polar surface area (TPSA) is 69.0 Å². The Morgan fingerprint density at radius 2 is 1.82 bits per heavy atom. The predicted molar refractivity (Wildman–Crippen MR) is 107 cm³/mol. The van der Waals surface area contributed by atoms with E-state index in [4.69, 9.17) is 4.74 Å². The maximum atomic E-state index is 12.3. The molecule has 0 fully saturated rings. The van der Waals surface area contributed by atoms with Crippen molar-refractivity contribution in [2.75, 3.05) is 6.61 Å². The van der Waals surface area contributed by atoms with Crippen LogP contribution >= 0.6 is 0 Å². The Bertz CT molecular complexity index is 1060. The number of amides is 1. The lowest BCUT2D eigenvalue weighted by molar-refractivity contribution is 0.0949. The van der Waals surface area contributed by atoms with Crippen LogP contribution in [0.3, 0.4) is 0 Å². The monoisotopic (exact) mass is 372 g/mol. The largest absolute Gasteiger partial charge is 0.492 e. The van der Waals surface area contributed by atoms with Crippen LogP contribution in [0.2, 0.25) is 0 Å². The number of nitrogens with zero attached hydrogens (tertiary/aromatic N) is 3. The third-order valence-electron chi connectivity index (χ3n) is 4.39. The van der Waals surface area contributed by atoms with E-state index in [0.29, 0.717) is 25.3 Å². The highest BCUT2D eigenvalue weighted by molar-refractivity contribution is 5.93. The molecule has 28 heavy (non-hydrogen) atoms. The summed E-state index contributed by atoms with van der Waals surface area (Å²) in [6.07, 6.45) is 3.19. The quantitative estimate of drug-likeness (QED) is 0.540. The van der Waals surface area contributed by atoms with Gasteiger partial charge in [-0.2, -0.15) is 0 Å². The highest BCUT2D eigenvalue weighted by atomic mass is 16.5. The molecule has 0 aliphatic heterocycles. The number of hydrogen-bond donors (Lipinski definition) is 1. The first-order chi connectivity index (χ1) is 13.8. The van der Waals surface area contributed by atoms with Gasteiger partial charge in [-0.3, -0.25) is 9.78 Å². The molecule has 0 aliphatic carbocycles. The zero-order valence-electron chi connectivity index (χ0n) is 15.3. The van der Waals surface area contributed by atoms with Gasteiger partial charge in [-0.1, -0.05) is 30.3 Å². The van der Waals surface area contributed by atoms with E-state index in [1.165, 1.54) is 0 Å². The van der Waals surface area contributed by atoms with Gasteiger partial charge in [-0.05, 0) is 36.4 Å². The molecular formula is C22H20N4O2. The molecule has 0 saturated carbocycles. The van der Waals surface area contributed by atoms with Crippen LogP contribution in [0.15, 0.2) is 79.1 Å². The third kappa shape index (κ3) is 4.01. The molecule has 4 rings (SSSR count). The number of rotatable bonds is 7. The molecule has 0 aliphatic rings. The zero-order valence-corrected chi connectivity index (χ0v) is 15.3. The SMILES string of the molecule is O=C(NCc1nc2ccccc2n1CCOc1ccccc1)c1cccnc1. The van der Waals surface area contributed by atoms with Gasteiger partial charge in [-0.25, -0.2) is 4.98 Å². The second-order valence-corrected chi connectivity index (χ2v) is 6.25. The molecule has 6 nitrogen and oxygen atoms in total. The molecule has 0 unspecified atom stereocenters. The minimum atomic E-state index is -0.174. The van der Waals surface area contributed by atoms with Gasteiger partial charge < -0.3 is 14.6 Å². The summed E-state index contributed by atoms with van der Waals surface area (Å²) in [5.74, 6) is 1.45. The number of hydrogen-bond acceptors (Lipinski definition) is 4. The molecule has 0 saturated heterocycles. The first kappa shape index (κ1) is 17.7. The lowest BCUT2D eigenvalue weighted by Gasteiger charge is -2.11. The Kier molecular flexibility index (Phi) is 5.29. The molecular weight excluding hydrogens is 352 g/mol. The molecule has 0 bridgehead atoms. The highest BCUT2D eigenvalue weighted by Crippen LogP contribution is 2.17. The second-order valence-electron chi connectivity index (χ2n) is 6.25. The van der Waals surface area contributed by atoms with Crippen molar-refractivity contribution >= 4 is 16.9 Å². The number of carbonyl (C=O) groups excluding carboxylic acids is 1. The number of pyridine rings is 1. The lowest BCUT2D eigenvalue weighted by Crippen LogP contribution is -2.25. The normalized spacial score (nSPS) is 10.7. The first-order valence-corrected chi connectivity index (χ1v) is 9.11. The number of para-hydroxylation sites is 3. The molecule has 140 valence electrons. The van der Waals surface area contributed by atoms with Crippen LogP contribution in [-0.2, 0) is 13.1 Å². The summed E-state index contributed by atoms with van der Waals surface area (Å²) in [7, 11) is 0. The number of imidazole rings is 1. The molecule has 2 heterocycles. The number of benzene rings is 2. The van der Waals surface area contributed by atoms with Crippen molar-refractivity contribution in [2.45, 2.75) is 13.1 Å². The van der Waals surface area contributed by atoms with E-state index >= 15 is 0 Å². The maximum Gasteiger partial charge on any atom is 0.253 e. The smallest absolute Gasteiger partial charge is 0.253 e. The van der Waals surface area contributed by atoms with Crippen LogP contribution in [0, 0.1) is 0 Å². The van der Waals surface area contributed by atoms with Crippen molar-refractivity contribution in [3.8, 4) is 5.75 Å². The molecule has 0 spiro atoms. The Morgan fingerprint density at radius 1 is 1.00 bits per heavy atom. The van der Waals surface area contributed by atoms with E-state index < -0.39 is 0 Å². The highest BCUT2D eigenvalue weighted by Gasteiger charge is 2.12. The van der Waals surface area contributed by atoms with Crippen LogP contribution < -0.4 is 10.1 Å². The number of fused-ring (bicyclic) bond motifs is 1. The van der Waals surface area contributed by atoms with Gasteiger partial charge in [0.05, 0.1) is 29.7 Å². The van der Waals surface area contributed by atoms with Crippen molar-refractivity contribution in [3.63, 3.8) is 0 Å². The first-order valence-electron chi connectivity index (χ1n) is 9.11. The maximum absolute atomic E-state index is 12.3. The molecule has 2 aromatic heterocycles. The average molecular weight is 372 g/mol. The lowest BCUT2D eigenvalue weighted by atomic mass is 10.3. The van der Waals surface area contributed by atoms with Crippen LogP contribution in [0.1, 0.15) is 16.2 Å². The van der Waals surface area contributed by atoms with E-state index in [9.17, 15) is 4.79 Å². The van der Waals surface area contributed by atoms with E-state index in [0.717, 1.165) is 22.6 Å². The fraction of sp³-hybridized carbons (Fsp3) is 0.136. The number of nitrogens with one attached hydrogen (secondary N) is 1. The van der Waals surface area contributed by atoms with Gasteiger partial charge in [0.2, 0.25) is 0 Å². The van der Waals surface area contributed by atoms with Gasteiger partial charge in [0.25, 0.3) is 5.91 Å². The van der Waals surface area contributed by atoms with Crippen molar-refractivity contribution in [1.82, 2.24) is 19.9 Å². The van der Waals surface area contributed by atoms with Crippen LogP contribution in [0.5, 0.6) is 5.75 Å². The second kappa shape index (κ2) is 8.35. The van der Waals surface area contributed by atoms with Gasteiger partial charge in [0.1, 0.15) is 18.2 Å². The third-order valence-corrected chi connectivity index (χ3v) is 4.39. The fourth-order valence-corrected chi connectivity index (χ4v) is 3.04. The summed E-state index contributed by atoms with van der Waals surface area (Å²) in [5.41, 5.74) is 2.44. The van der Waals surface area contributed by atoms with Crippen LogP contribution in [0.25, 0.3) is 11.0 Å². The molecule has 0 atom stereocenters. The molecule has 2 aromatic carbocycles. The van der Waals surface area contributed by atoms with Crippen LogP contribution in [0.4, 0.5) is 0 Å². The summed E-state index contributed by atoms with van der Waals surface area (Å²) in [6, 6.07) is 21.1. The van der Waals surface area contributed by atoms with Gasteiger partial charge >= 0.3 is 0 Å². The van der Waals surface area contributed by atoms with Crippen molar-refractivity contribution in [2.24, 2.45) is 0 Å². The summed E-state index contributed by atoms with van der Waals surface area (Å²) < 4.78 is 7.92. The summed E-state index contributed by atoms with van der Waals surface area (Å²) in [4.78, 5) is 21.0. The van der Waals surface area contributed by atoms with Crippen molar-refractivity contribution in [3.05, 3.63) is 90.5 Å². The minimum Gasteiger partial charge on any atom is -0.492 e. The van der Waals surface area contributed by atoms with Gasteiger partial charge in [0, 0.05) is 12.4 Å². The number of carbonyl (C=O) groups is 1. The fourth-order valence-electron chi connectivity index (χ4n) is 3.04. The molecule has 1 amide bonds. The molecule has 0 radical (unpaired) electrons. The Labute approximate surface area is 162 Å². The van der Waals surface area contributed by atoms with E-state index in [1.54, 1.807) is 24.5 Å². The molecule has 4 aromatic rings.